The van der Waals surface area contributed by atoms with Crippen LogP contribution in [0.15, 0.2) is 71.6 Å². The Labute approximate surface area is 218 Å². The number of nitrogens with zero attached hydrogens (tertiary/aromatic N) is 2. The van der Waals surface area contributed by atoms with Gasteiger partial charge in [0.15, 0.2) is 22.6 Å². The summed E-state index contributed by atoms with van der Waals surface area (Å²) in [6, 6.07) is 19.6. The lowest BCUT2D eigenvalue weighted by Gasteiger charge is -2.18. The lowest BCUT2D eigenvalue weighted by molar-refractivity contribution is -0.123. The van der Waals surface area contributed by atoms with Gasteiger partial charge in [0.1, 0.15) is 11.5 Å². The van der Waals surface area contributed by atoms with Gasteiger partial charge in [-0.2, -0.15) is 0 Å². The molecule has 0 fully saturated rings. The first-order valence-electron chi connectivity index (χ1n) is 11.5. The van der Waals surface area contributed by atoms with E-state index in [1.807, 2.05) is 45.0 Å². The Morgan fingerprint density at radius 1 is 0.811 bits per heavy atom. The summed E-state index contributed by atoms with van der Waals surface area (Å²) in [5, 5.41) is 6.10. The second kappa shape index (κ2) is 10.8. The Balaban J connectivity index is 1.66. The molecule has 0 aliphatic carbocycles. The molecule has 0 bridgehead atoms. The monoisotopic (exact) mass is 519 g/mol. The molecule has 3 N–H and O–H groups in total. The van der Waals surface area contributed by atoms with Gasteiger partial charge in [-0.3, -0.25) is 9.52 Å². The van der Waals surface area contributed by atoms with E-state index in [4.69, 9.17) is 14.5 Å². The maximum Gasteiger partial charge on any atom is 0.229 e. The van der Waals surface area contributed by atoms with E-state index in [0.717, 1.165) is 0 Å². The number of fused-ring (bicyclic) bond motifs is 1. The van der Waals surface area contributed by atoms with Crippen molar-refractivity contribution in [2.24, 2.45) is 5.41 Å². The lowest BCUT2D eigenvalue weighted by atomic mass is 9.95. The number of carbonyl (C=O) groups is 1. The van der Waals surface area contributed by atoms with E-state index in [1.165, 1.54) is 0 Å². The smallest absolute Gasteiger partial charge is 0.229 e. The molecule has 1 amide bonds. The highest BCUT2D eigenvalue weighted by atomic mass is 32.2. The number of ether oxygens (including phenoxy) is 2. The van der Waals surface area contributed by atoms with Crippen molar-refractivity contribution in [1.29, 1.82) is 0 Å². The Kier molecular flexibility index (Phi) is 7.58. The highest BCUT2D eigenvalue weighted by Gasteiger charge is 2.21. The molecule has 192 valence electrons. The van der Waals surface area contributed by atoms with Crippen molar-refractivity contribution in [2.45, 2.75) is 25.7 Å². The van der Waals surface area contributed by atoms with E-state index < -0.39 is 16.4 Å². The van der Waals surface area contributed by atoms with Crippen molar-refractivity contribution in [3.8, 4) is 11.5 Å². The molecule has 0 saturated carbocycles. The Morgan fingerprint density at radius 3 is 2.03 bits per heavy atom. The van der Waals surface area contributed by atoms with Crippen LogP contribution in [0.25, 0.3) is 11.0 Å². The lowest BCUT2D eigenvalue weighted by Crippen LogP contribution is -2.27. The summed E-state index contributed by atoms with van der Waals surface area (Å²) >= 11 is 0. The maximum absolute atomic E-state index is 13.3. The first-order chi connectivity index (χ1) is 17.7. The molecule has 0 radical (unpaired) electrons. The van der Waals surface area contributed by atoms with Gasteiger partial charge >= 0.3 is 0 Å². The maximum atomic E-state index is 13.3. The van der Waals surface area contributed by atoms with Gasteiger partial charge in [0.2, 0.25) is 5.91 Å². The number of para-hydroxylation sites is 2. The molecule has 0 saturated heterocycles. The molecular weight excluding hydrogens is 490 g/mol. The van der Waals surface area contributed by atoms with Gasteiger partial charge < -0.3 is 20.1 Å². The quantitative estimate of drug-likeness (QED) is 0.281. The fourth-order valence-electron chi connectivity index (χ4n) is 3.33. The number of aromatic nitrogens is 2. The summed E-state index contributed by atoms with van der Waals surface area (Å²) < 4.78 is 27.0. The minimum Gasteiger partial charge on any atom is -0.497 e. The molecule has 0 aliphatic rings. The van der Waals surface area contributed by atoms with Gasteiger partial charge in [-0.1, -0.05) is 39.0 Å². The van der Waals surface area contributed by atoms with Crippen LogP contribution in [-0.4, -0.2) is 34.3 Å². The van der Waals surface area contributed by atoms with Crippen LogP contribution in [0.5, 0.6) is 11.5 Å². The molecule has 0 aliphatic heterocycles. The highest BCUT2D eigenvalue weighted by Crippen LogP contribution is 2.31. The van der Waals surface area contributed by atoms with Crippen LogP contribution < -0.4 is 24.8 Å². The Morgan fingerprint density at radius 2 is 1.43 bits per heavy atom. The van der Waals surface area contributed by atoms with E-state index >= 15 is 0 Å². The molecule has 10 heteroatoms. The predicted molar refractivity (Wildman–Crippen MR) is 147 cm³/mol. The Hall–Kier alpha value is -4.18. The predicted octanol–water partition coefficient (Wildman–Crippen LogP) is 5.51. The van der Waals surface area contributed by atoms with E-state index in [1.54, 1.807) is 56.7 Å². The number of nitrogens with one attached hydrogen (secondary N) is 3. The number of anilines is 4. The second-order valence-electron chi connectivity index (χ2n) is 9.24. The number of hydrogen-bond acceptors (Lipinski definition) is 7. The summed E-state index contributed by atoms with van der Waals surface area (Å²) in [7, 11) is 1.45. The first kappa shape index (κ1) is 25.9. The van der Waals surface area contributed by atoms with Gasteiger partial charge in [0.05, 0.1) is 30.1 Å². The number of benzene rings is 3. The summed E-state index contributed by atoms with van der Waals surface area (Å²) in [5.74, 6) is 1.73. The topological polar surface area (TPSA) is 114 Å². The van der Waals surface area contributed by atoms with Gasteiger partial charge in [-0.05, 0) is 30.3 Å². The minimum absolute atomic E-state index is 0.135. The second-order valence-corrected chi connectivity index (χ2v) is 10.5. The van der Waals surface area contributed by atoms with Gasteiger partial charge in [-0.25, -0.2) is 14.2 Å². The molecular formula is C27H29N5O4S. The third-order valence-electron chi connectivity index (χ3n) is 5.36. The standard InChI is InChI=1S/C27H29N5O4S/c1-27(2,3)26(33)29-17-9-8-10-21(15-17)37(34)32-25-24(30-22-11-6-7-12-23(22)31-25)28-18-13-19(35-4)16-20(14-18)36-5/h6-16H,1-5H3,(H,28,30)(H,29,33)(H,31,32). The average molecular weight is 520 g/mol. The zero-order chi connectivity index (χ0) is 26.6. The summed E-state index contributed by atoms with van der Waals surface area (Å²) in [6.45, 7) is 5.49. The first-order valence-corrected chi connectivity index (χ1v) is 12.7. The van der Waals surface area contributed by atoms with Crippen molar-refractivity contribution >= 4 is 50.9 Å². The van der Waals surface area contributed by atoms with Crippen LogP contribution in [-0.2, 0) is 15.8 Å². The minimum atomic E-state index is -1.70. The Bertz CT molecular complexity index is 1450. The van der Waals surface area contributed by atoms with Crippen LogP contribution in [0.2, 0.25) is 0 Å². The van der Waals surface area contributed by atoms with Crippen molar-refractivity contribution in [2.75, 3.05) is 29.6 Å². The summed E-state index contributed by atoms with van der Waals surface area (Å²) in [6.07, 6.45) is 0. The van der Waals surface area contributed by atoms with Gasteiger partial charge in [-0.15, -0.1) is 0 Å². The molecule has 9 nitrogen and oxygen atoms in total. The third-order valence-corrected chi connectivity index (χ3v) is 6.42. The molecule has 4 aromatic rings. The fourth-order valence-corrected chi connectivity index (χ4v) is 4.20. The van der Waals surface area contributed by atoms with Crippen LogP contribution in [0.4, 0.5) is 23.0 Å². The largest absolute Gasteiger partial charge is 0.497 e. The van der Waals surface area contributed by atoms with Crippen LogP contribution in [0.3, 0.4) is 0 Å². The number of amides is 1. The molecule has 1 unspecified atom stereocenters. The normalized spacial score (nSPS) is 12.0. The van der Waals surface area contributed by atoms with E-state index in [2.05, 4.69) is 20.3 Å². The van der Waals surface area contributed by atoms with E-state index in [9.17, 15) is 9.00 Å². The van der Waals surface area contributed by atoms with Crippen molar-refractivity contribution < 1.29 is 18.5 Å². The molecule has 0 spiro atoms. The molecule has 1 atom stereocenters. The van der Waals surface area contributed by atoms with Gasteiger partial charge in [0.25, 0.3) is 0 Å². The molecule has 37 heavy (non-hydrogen) atoms. The van der Waals surface area contributed by atoms with E-state index in [-0.39, 0.29) is 5.91 Å². The van der Waals surface area contributed by atoms with Crippen molar-refractivity contribution in [1.82, 2.24) is 9.97 Å². The molecule has 3 aromatic carbocycles. The number of hydrogen-bond donors (Lipinski definition) is 3. The number of methoxy groups -OCH3 is 2. The van der Waals surface area contributed by atoms with Crippen LogP contribution in [0.1, 0.15) is 20.8 Å². The number of rotatable bonds is 8. The molecule has 1 heterocycles. The SMILES string of the molecule is COc1cc(Nc2nc3ccccc3nc2NS(=O)c2cccc(NC(=O)C(C)(C)C)c2)cc(OC)c1. The zero-order valence-corrected chi connectivity index (χ0v) is 22.1. The van der Waals surface area contributed by atoms with Crippen LogP contribution >= 0.6 is 0 Å². The molecule has 4 rings (SSSR count). The number of carbonyl (C=O) groups excluding carboxylic acids is 1. The zero-order valence-electron chi connectivity index (χ0n) is 21.3. The molecule has 1 aromatic heterocycles. The summed E-state index contributed by atoms with van der Waals surface area (Å²) in [5.41, 5.74) is 1.96. The van der Waals surface area contributed by atoms with Gasteiger partial charge in [0, 0.05) is 35.0 Å². The summed E-state index contributed by atoms with van der Waals surface area (Å²) in [4.78, 5) is 22.2. The van der Waals surface area contributed by atoms with Crippen LogP contribution in [0, 0.1) is 5.41 Å². The van der Waals surface area contributed by atoms with Crippen molar-refractivity contribution in [3.63, 3.8) is 0 Å². The highest BCUT2D eigenvalue weighted by molar-refractivity contribution is 7.86. The van der Waals surface area contributed by atoms with E-state index in [0.29, 0.717) is 50.4 Å². The average Bonchev–Trinajstić information content (AvgIpc) is 2.88. The van der Waals surface area contributed by atoms with Crippen molar-refractivity contribution in [3.05, 3.63) is 66.7 Å². The fraction of sp³-hybridized carbons (Fsp3) is 0.222. The third kappa shape index (κ3) is 6.34.